The number of nitrogens with one attached hydrogen (secondary N) is 2. The zero-order valence-electron chi connectivity index (χ0n) is 40.7. The highest BCUT2D eigenvalue weighted by molar-refractivity contribution is 6.35. The zero-order valence-corrected chi connectivity index (χ0v) is 41.5. The summed E-state index contributed by atoms with van der Waals surface area (Å²) in [5, 5.41) is 17.7. The van der Waals surface area contributed by atoms with Crippen LogP contribution in [0.25, 0.3) is 32.8 Å². The number of phenols is 1. The van der Waals surface area contributed by atoms with Gasteiger partial charge < -0.3 is 48.8 Å². The minimum absolute atomic E-state index is 0.00257. The van der Waals surface area contributed by atoms with E-state index in [9.17, 15) is 33.9 Å². The van der Waals surface area contributed by atoms with E-state index in [1.165, 1.54) is 24.3 Å². The van der Waals surface area contributed by atoms with Crippen molar-refractivity contribution in [1.29, 1.82) is 0 Å². The number of amides is 6. The average molecular weight is 1040 g/mol. The Kier molecular flexibility index (Phi) is 17.6. The number of fused-ring (bicyclic) bond motifs is 3. The van der Waals surface area contributed by atoms with E-state index in [1.807, 2.05) is 29.2 Å². The summed E-state index contributed by atoms with van der Waals surface area (Å²) in [7, 11) is 1.67. The van der Waals surface area contributed by atoms with Gasteiger partial charge in [0.05, 0.1) is 69.0 Å². The molecule has 0 radical (unpaired) electrons. The summed E-state index contributed by atoms with van der Waals surface area (Å²) in [6, 6.07) is 15.4. The average Bonchev–Trinajstić information content (AvgIpc) is 3.64. The molecule has 0 saturated carbocycles. The maximum absolute atomic E-state index is 16.9. The van der Waals surface area contributed by atoms with Gasteiger partial charge in [-0.2, -0.15) is 4.98 Å². The van der Waals surface area contributed by atoms with Crippen LogP contribution in [0, 0.1) is 5.82 Å². The van der Waals surface area contributed by atoms with Gasteiger partial charge in [-0.15, -0.1) is 0 Å². The summed E-state index contributed by atoms with van der Waals surface area (Å²) in [6.07, 6.45) is 1.47. The van der Waals surface area contributed by atoms with Crippen molar-refractivity contribution in [3.05, 3.63) is 95.3 Å². The number of nitrogens with zero attached hydrogens (tertiary/aromatic N) is 6. The van der Waals surface area contributed by atoms with Crippen LogP contribution in [0.5, 0.6) is 11.5 Å². The standard InChI is InChI=1S/C52H56ClFN8O12/c1-3-43(65)60-14-16-61(17-15-60)48-39-31-40(53)45(37-29-33(63)28-32-6-4-5-7-35(32)37)46(54)47(39)57-52(58-48)55-13-12-44(66)59(2)18-19-70-20-21-71-22-23-72-24-25-73-26-27-74-34-8-9-36-38(30-34)51(69)62(50(36)68)41-10-11-42(64)56-49(41)67/h3-9,28-31,41,63H,1,10-27H2,2H3,(H,55,57,58)(H,56,64,67). The molecule has 4 aromatic carbocycles. The van der Waals surface area contributed by atoms with Crippen LogP contribution in [0.3, 0.4) is 0 Å². The predicted octanol–water partition coefficient (Wildman–Crippen LogP) is 4.59. The van der Waals surface area contributed by atoms with Gasteiger partial charge in [-0.25, -0.2) is 9.37 Å². The van der Waals surface area contributed by atoms with Gasteiger partial charge in [-0.3, -0.25) is 39.0 Å². The van der Waals surface area contributed by atoms with E-state index in [0.717, 1.165) is 4.90 Å². The number of rotatable bonds is 24. The first kappa shape index (κ1) is 53.0. The normalized spacial score (nSPS) is 15.7. The summed E-state index contributed by atoms with van der Waals surface area (Å²) in [4.78, 5) is 90.6. The molecule has 1 aromatic heterocycles. The number of likely N-dealkylation sites (N-methyl/N-ethyl adjacent to an activating group) is 1. The molecule has 0 bridgehead atoms. The molecule has 8 rings (SSSR count). The Morgan fingerprint density at radius 1 is 0.851 bits per heavy atom. The number of aromatic nitrogens is 2. The SMILES string of the molecule is C=CC(=O)N1CCN(c2nc(NCCC(=O)N(C)CCOCCOCCOCCOCCOc3ccc4c(c3)C(=O)N(C3CCC(=O)NC3=O)C4=O)nc3c(F)c(-c4cc(O)cc5ccccc45)c(Cl)cc23)CC1. The van der Waals surface area contributed by atoms with Crippen molar-refractivity contribution < 1.29 is 61.9 Å². The van der Waals surface area contributed by atoms with Gasteiger partial charge in [-0.05, 0) is 65.2 Å². The maximum atomic E-state index is 16.9. The van der Waals surface area contributed by atoms with Crippen molar-refractivity contribution in [1.82, 2.24) is 30.0 Å². The number of anilines is 2. The van der Waals surface area contributed by atoms with E-state index in [1.54, 1.807) is 35.0 Å². The largest absolute Gasteiger partial charge is 0.508 e. The van der Waals surface area contributed by atoms with Gasteiger partial charge in [0.25, 0.3) is 11.8 Å². The minimum atomic E-state index is -1.04. The molecule has 3 aliphatic rings. The maximum Gasteiger partial charge on any atom is 0.262 e. The van der Waals surface area contributed by atoms with Crippen molar-refractivity contribution in [2.45, 2.75) is 25.3 Å². The van der Waals surface area contributed by atoms with E-state index in [-0.39, 0.29) is 96.4 Å². The molecule has 74 heavy (non-hydrogen) atoms. The van der Waals surface area contributed by atoms with Gasteiger partial charge in [0.2, 0.25) is 29.6 Å². The lowest BCUT2D eigenvalue weighted by Crippen LogP contribution is -2.54. The summed E-state index contributed by atoms with van der Waals surface area (Å²) in [6.45, 7) is 8.32. The number of phenolic OH excluding ortho intramolecular Hbond substituents is 1. The lowest BCUT2D eigenvalue weighted by atomic mass is 9.96. The molecule has 1 atom stereocenters. The van der Waals surface area contributed by atoms with Gasteiger partial charge in [0.1, 0.15) is 35.5 Å². The molecule has 2 fully saturated rings. The van der Waals surface area contributed by atoms with Gasteiger partial charge >= 0.3 is 0 Å². The Morgan fingerprint density at radius 2 is 1.53 bits per heavy atom. The zero-order chi connectivity index (χ0) is 52.3. The van der Waals surface area contributed by atoms with E-state index < -0.39 is 35.5 Å². The first-order chi connectivity index (χ1) is 35.8. The molecule has 5 aromatic rings. The molecule has 3 N–H and O–H groups in total. The third-order valence-electron chi connectivity index (χ3n) is 12.7. The molecule has 22 heteroatoms. The van der Waals surface area contributed by atoms with Crippen molar-refractivity contribution >= 4 is 80.5 Å². The molecule has 2 saturated heterocycles. The molecule has 390 valence electrons. The molecule has 4 heterocycles. The van der Waals surface area contributed by atoms with E-state index >= 15 is 4.39 Å². The molecule has 1 unspecified atom stereocenters. The van der Waals surface area contributed by atoms with Crippen LogP contribution in [0.1, 0.15) is 40.0 Å². The van der Waals surface area contributed by atoms with Crippen molar-refractivity contribution in [3.8, 4) is 22.6 Å². The van der Waals surface area contributed by atoms with Crippen LogP contribution in [0.4, 0.5) is 16.2 Å². The number of ether oxygens (including phenoxy) is 5. The second-order valence-corrected chi connectivity index (χ2v) is 17.9. The number of benzene rings is 4. The molecular weight excluding hydrogens is 983 g/mol. The third kappa shape index (κ3) is 12.4. The van der Waals surface area contributed by atoms with Crippen LogP contribution in [-0.4, -0.2) is 177 Å². The predicted molar refractivity (Wildman–Crippen MR) is 271 cm³/mol. The van der Waals surface area contributed by atoms with Crippen molar-refractivity contribution in [2.75, 3.05) is 116 Å². The van der Waals surface area contributed by atoms with Crippen LogP contribution in [0.2, 0.25) is 5.02 Å². The molecule has 0 spiro atoms. The van der Waals surface area contributed by atoms with E-state index in [2.05, 4.69) is 22.2 Å². The number of piperidine rings is 1. The number of aromatic hydroxyl groups is 1. The summed E-state index contributed by atoms with van der Waals surface area (Å²) in [5.74, 6) is -2.53. The second kappa shape index (κ2) is 24.6. The van der Waals surface area contributed by atoms with E-state index in [4.69, 9.17) is 40.3 Å². The highest BCUT2D eigenvalue weighted by atomic mass is 35.5. The fraction of sp³-hybridized carbons (Fsp3) is 0.385. The van der Waals surface area contributed by atoms with Crippen LogP contribution < -0.4 is 20.3 Å². The minimum Gasteiger partial charge on any atom is -0.508 e. The quantitative estimate of drug-likeness (QED) is 0.0436. The van der Waals surface area contributed by atoms with Gasteiger partial charge in [0, 0.05) is 70.1 Å². The Labute approximate surface area is 430 Å². The molecular formula is C52H56ClFN8O12. The number of imide groups is 2. The smallest absolute Gasteiger partial charge is 0.262 e. The monoisotopic (exact) mass is 1040 g/mol. The lowest BCUT2D eigenvalue weighted by molar-refractivity contribution is -0.136. The Bertz CT molecular complexity index is 2950. The summed E-state index contributed by atoms with van der Waals surface area (Å²) >= 11 is 6.86. The molecule has 0 aliphatic carbocycles. The van der Waals surface area contributed by atoms with Crippen molar-refractivity contribution in [2.24, 2.45) is 0 Å². The fourth-order valence-electron chi connectivity index (χ4n) is 8.83. The number of hydrogen-bond acceptors (Lipinski definition) is 16. The van der Waals surface area contributed by atoms with Crippen LogP contribution in [0.15, 0.2) is 73.3 Å². The topological polar surface area (TPSA) is 232 Å². The van der Waals surface area contributed by atoms with Crippen LogP contribution in [-0.2, 0) is 38.1 Å². The number of piperazine rings is 1. The molecule has 3 aliphatic heterocycles. The first-order valence-electron chi connectivity index (χ1n) is 24.2. The number of carbonyl (C=O) groups is 6. The Hall–Kier alpha value is -7.30. The molecule has 20 nitrogen and oxygen atoms in total. The summed E-state index contributed by atoms with van der Waals surface area (Å²) < 4.78 is 45.0. The first-order valence-corrected chi connectivity index (χ1v) is 24.6. The number of halogens is 2. The lowest BCUT2D eigenvalue weighted by Gasteiger charge is -2.35. The highest BCUT2D eigenvalue weighted by Crippen LogP contribution is 2.42. The van der Waals surface area contributed by atoms with Gasteiger partial charge in [0.15, 0.2) is 5.82 Å². The van der Waals surface area contributed by atoms with Gasteiger partial charge in [-0.1, -0.05) is 42.4 Å². The van der Waals surface area contributed by atoms with Crippen molar-refractivity contribution in [3.63, 3.8) is 0 Å². The summed E-state index contributed by atoms with van der Waals surface area (Å²) in [5.41, 5.74) is 0.766. The fourth-order valence-corrected chi connectivity index (χ4v) is 9.13. The second-order valence-electron chi connectivity index (χ2n) is 17.5. The number of carbonyl (C=O) groups excluding carboxylic acids is 6. The third-order valence-corrected chi connectivity index (χ3v) is 13.0. The number of hydrogen-bond donors (Lipinski definition) is 3. The Morgan fingerprint density at radius 3 is 2.23 bits per heavy atom. The highest BCUT2D eigenvalue weighted by Gasteiger charge is 2.44. The molecule has 6 amide bonds. The van der Waals surface area contributed by atoms with E-state index in [0.29, 0.717) is 106 Å². The Balaban J connectivity index is 0.718. The van der Waals surface area contributed by atoms with Crippen LogP contribution >= 0.6 is 11.6 Å².